The molecule has 1 aliphatic heterocycles. The monoisotopic (exact) mass is 347 g/mol. The second kappa shape index (κ2) is 8.18. The maximum Gasteiger partial charge on any atom is 0.341 e. The van der Waals surface area contributed by atoms with Crippen molar-refractivity contribution < 1.29 is 23.0 Å². The highest BCUT2D eigenvalue weighted by Crippen LogP contribution is 2.14. The van der Waals surface area contributed by atoms with Crippen LogP contribution in [0.4, 0.5) is 8.78 Å². The van der Waals surface area contributed by atoms with Crippen LogP contribution in [0.5, 0.6) is 0 Å². The van der Waals surface area contributed by atoms with Crippen molar-refractivity contribution in [2.75, 3.05) is 26.3 Å². The van der Waals surface area contributed by atoms with Gasteiger partial charge in [-0.2, -0.15) is 0 Å². The molecule has 25 heavy (non-hydrogen) atoms. The van der Waals surface area contributed by atoms with E-state index >= 15 is 0 Å². The first-order valence-corrected chi connectivity index (χ1v) is 8.12. The molecule has 1 heterocycles. The number of hydrogen-bond acceptors (Lipinski definition) is 4. The molecule has 0 saturated carbocycles. The topological polar surface area (TPSA) is 38.8 Å². The van der Waals surface area contributed by atoms with Crippen molar-refractivity contribution in [3.63, 3.8) is 0 Å². The van der Waals surface area contributed by atoms with Gasteiger partial charge in [0, 0.05) is 25.7 Å². The molecule has 1 unspecified atom stereocenters. The van der Waals surface area contributed by atoms with Crippen LogP contribution in [0.2, 0.25) is 0 Å². The quantitative estimate of drug-likeness (QED) is 0.780. The number of morpholine rings is 1. The molecule has 0 spiro atoms. The van der Waals surface area contributed by atoms with Gasteiger partial charge in [-0.15, -0.1) is 0 Å². The summed E-state index contributed by atoms with van der Waals surface area (Å²) in [6.07, 6.45) is -0.273. The number of hydrogen-bond donors (Lipinski definition) is 0. The second-order valence-electron chi connectivity index (χ2n) is 5.94. The second-order valence-corrected chi connectivity index (χ2v) is 5.94. The molecule has 0 N–H and O–H groups in total. The lowest BCUT2D eigenvalue weighted by Crippen LogP contribution is -2.44. The molecule has 1 saturated heterocycles. The molecular weight excluding hydrogens is 328 g/mol. The first-order valence-electron chi connectivity index (χ1n) is 8.12. The molecule has 1 fully saturated rings. The maximum absolute atomic E-state index is 13.6. The van der Waals surface area contributed by atoms with Gasteiger partial charge < -0.3 is 9.47 Å². The standard InChI is InChI=1S/C19H19F2NO3/c20-15-6-7-17(18(21)10-15)19(23)25-13-16-12-22(8-9-24-16)11-14-4-2-1-3-5-14/h1-7,10,16H,8-9,11-13H2. The maximum atomic E-state index is 13.6. The minimum atomic E-state index is -0.930. The summed E-state index contributed by atoms with van der Waals surface area (Å²) in [6.45, 7) is 2.78. The van der Waals surface area contributed by atoms with Crippen LogP contribution in [0, 0.1) is 11.6 Å². The Balaban J connectivity index is 1.51. The molecule has 1 atom stereocenters. The number of nitrogens with zero attached hydrogens (tertiary/aromatic N) is 1. The summed E-state index contributed by atoms with van der Waals surface area (Å²) in [4.78, 5) is 14.2. The number of benzene rings is 2. The first kappa shape index (κ1) is 17.5. The SMILES string of the molecule is O=C(OCC1CN(Cc2ccccc2)CCO1)c1ccc(F)cc1F. The molecule has 2 aromatic carbocycles. The van der Waals surface area contributed by atoms with Crippen LogP contribution in [-0.4, -0.2) is 43.3 Å². The minimum absolute atomic E-state index is 0.0287. The van der Waals surface area contributed by atoms with Crippen molar-refractivity contribution in [2.45, 2.75) is 12.6 Å². The van der Waals surface area contributed by atoms with Gasteiger partial charge in [-0.05, 0) is 17.7 Å². The molecule has 0 radical (unpaired) electrons. The number of esters is 1. The zero-order valence-electron chi connectivity index (χ0n) is 13.7. The van der Waals surface area contributed by atoms with E-state index in [-0.39, 0.29) is 18.3 Å². The first-order chi connectivity index (χ1) is 12.1. The van der Waals surface area contributed by atoms with Crippen molar-refractivity contribution >= 4 is 5.97 Å². The summed E-state index contributed by atoms with van der Waals surface area (Å²) in [5, 5.41) is 0. The fourth-order valence-corrected chi connectivity index (χ4v) is 2.77. The fraction of sp³-hybridized carbons (Fsp3) is 0.316. The van der Waals surface area contributed by atoms with Crippen LogP contribution in [0.3, 0.4) is 0 Å². The number of ether oxygens (including phenoxy) is 2. The van der Waals surface area contributed by atoms with Crippen LogP contribution >= 0.6 is 0 Å². The van der Waals surface area contributed by atoms with E-state index in [1.54, 1.807) is 0 Å². The third-order valence-corrected chi connectivity index (χ3v) is 4.02. The number of carbonyl (C=O) groups excluding carboxylic acids is 1. The third-order valence-electron chi connectivity index (χ3n) is 4.02. The van der Waals surface area contributed by atoms with Gasteiger partial charge in [0.2, 0.25) is 0 Å². The third kappa shape index (κ3) is 4.84. The van der Waals surface area contributed by atoms with Gasteiger partial charge in [0.25, 0.3) is 0 Å². The number of carbonyl (C=O) groups is 1. The summed E-state index contributed by atoms with van der Waals surface area (Å²) in [5.74, 6) is -2.48. The molecule has 3 rings (SSSR count). The van der Waals surface area contributed by atoms with Crippen LogP contribution in [-0.2, 0) is 16.0 Å². The van der Waals surface area contributed by atoms with E-state index < -0.39 is 17.6 Å². The van der Waals surface area contributed by atoms with Gasteiger partial charge in [-0.1, -0.05) is 30.3 Å². The van der Waals surface area contributed by atoms with E-state index in [1.165, 1.54) is 5.56 Å². The average molecular weight is 347 g/mol. The summed E-state index contributed by atoms with van der Waals surface area (Å²) in [7, 11) is 0. The molecular formula is C19H19F2NO3. The van der Waals surface area contributed by atoms with Gasteiger partial charge in [-0.25, -0.2) is 13.6 Å². The lowest BCUT2D eigenvalue weighted by atomic mass is 10.2. The van der Waals surface area contributed by atoms with Gasteiger partial charge in [-0.3, -0.25) is 4.90 Å². The van der Waals surface area contributed by atoms with Crippen molar-refractivity contribution in [3.8, 4) is 0 Å². The predicted molar refractivity (Wildman–Crippen MR) is 88.1 cm³/mol. The van der Waals surface area contributed by atoms with Gasteiger partial charge >= 0.3 is 5.97 Å². The molecule has 6 heteroatoms. The largest absolute Gasteiger partial charge is 0.459 e. The molecule has 4 nitrogen and oxygen atoms in total. The van der Waals surface area contributed by atoms with E-state index in [4.69, 9.17) is 9.47 Å². The highest BCUT2D eigenvalue weighted by atomic mass is 19.1. The van der Waals surface area contributed by atoms with Crippen molar-refractivity contribution in [2.24, 2.45) is 0 Å². The number of rotatable bonds is 5. The Morgan fingerprint density at radius 1 is 1.20 bits per heavy atom. The van der Waals surface area contributed by atoms with Crippen LogP contribution in [0.1, 0.15) is 15.9 Å². The highest BCUT2D eigenvalue weighted by Gasteiger charge is 2.23. The Kier molecular flexibility index (Phi) is 5.73. The summed E-state index contributed by atoms with van der Waals surface area (Å²) < 4.78 is 37.2. The molecule has 0 bridgehead atoms. The lowest BCUT2D eigenvalue weighted by Gasteiger charge is -2.32. The zero-order chi connectivity index (χ0) is 17.6. The Hall–Kier alpha value is -2.31. The van der Waals surface area contributed by atoms with Crippen molar-refractivity contribution in [1.29, 1.82) is 0 Å². The van der Waals surface area contributed by atoms with Crippen LogP contribution in [0.15, 0.2) is 48.5 Å². The highest BCUT2D eigenvalue weighted by molar-refractivity contribution is 5.89. The summed E-state index contributed by atoms with van der Waals surface area (Å²) in [5.41, 5.74) is 0.923. The molecule has 2 aromatic rings. The zero-order valence-corrected chi connectivity index (χ0v) is 13.7. The minimum Gasteiger partial charge on any atom is -0.459 e. The molecule has 0 aliphatic carbocycles. The average Bonchev–Trinajstić information content (AvgIpc) is 2.61. The normalized spacial score (nSPS) is 18.1. The molecule has 132 valence electrons. The smallest absolute Gasteiger partial charge is 0.341 e. The predicted octanol–water partition coefficient (Wildman–Crippen LogP) is 3.02. The molecule has 1 aliphatic rings. The van der Waals surface area contributed by atoms with E-state index in [9.17, 15) is 13.6 Å². The summed E-state index contributed by atoms with van der Waals surface area (Å²) >= 11 is 0. The van der Waals surface area contributed by atoms with E-state index in [0.29, 0.717) is 19.2 Å². The van der Waals surface area contributed by atoms with Crippen molar-refractivity contribution in [3.05, 3.63) is 71.3 Å². The Bertz CT molecular complexity index is 724. The van der Waals surface area contributed by atoms with Crippen LogP contribution < -0.4 is 0 Å². The van der Waals surface area contributed by atoms with E-state index in [2.05, 4.69) is 17.0 Å². The fourth-order valence-electron chi connectivity index (χ4n) is 2.77. The van der Waals surface area contributed by atoms with Gasteiger partial charge in [0.15, 0.2) is 0 Å². The van der Waals surface area contributed by atoms with E-state index in [1.807, 2.05) is 18.2 Å². The summed E-state index contributed by atoms with van der Waals surface area (Å²) in [6, 6.07) is 12.8. The Morgan fingerprint density at radius 3 is 2.76 bits per heavy atom. The Labute approximate surface area is 145 Å². The Morgan fingerprint density at radius 2 is 2.00 bits per heavy atom. The molecule has 0 amide bonds. The number of halogens is 2. The van der Waals surface area contributed by atoms with Crippen LogP contribution in [0.25, 0.3) is 0 Å². The van der Waals surface area contributed by atoms with Gasteiger partial charge in [0.05, 0.1) is 12.2 Å². The molecule has 0 aromatic heterocycles. The van der Waals surface area contributed by atoms with Gasteiger partial charge in [0.1, 0.15) is 24.3 Å². The van der Waals surface area contributed by atoms with Crippen molar-refractivity contribution in [1.82, 2.24) is 4.90 Å². The lowest BCUT2D eigenvalue weighted by molar-refractivity contribution is -0.0613. The van der Waals surface area contributed by atoms with E-state index in [0.717, 1.165) is 25.2 Å².